The summed E-state index contributed by atoms with van der Waals surface area (Å²) in [6.07, 6.45) is 2.22. The van der Waals surface area contributed by atoms with Crippen LogP contribution in [-0.4, -0.2) is 54.8 Å². The molecule has 238 valence electrons. The number of carbonyl (C=O) groups excluding carboxylic acids is 3. The van der Waals surface area contributed by atoms with Crippen LogP contribution in [-0.2, 0) is 25.5 Å². The molecule has 0 saturated heterocycles. The Bertz CT molecular complexity index is 721. The molecule has 0 bridgehead atoms. The van der Waals surface area contributed by atoms with Gasteiger partial charge in [0.25, 0.3) is 5.91 Å². The first-order valence-corrected chi connectivity index (χ1v) is 15.4. The van der Waals surface area contributed by atoms with Crippen LogP contribution in [0.3, 0.4) is 0 Å². The molecule has 0 heterocycles. The quantitative estimate of drug-likeness (QED) is 0.121. The lowest BCUT2D eigenvalue weighted by atomic mass is 10.1. The van der Waals surface area contributed by atoms with Crippen LogP contribution in [0.15, 0.2) is 24.3 Å². The Morgan fingerprint density at radius 3 is 1.75 bits per heavy atom. The van der Waals surface area contributed by atoms with Crippen LogP contribution in [0, 0.1) is 6.92 Å². The van der Waals surface area contributed by atoms with Crippen molar-refractivity contribution in [1.82, 2.24) is 16.0 Å². The summed E-state index contributed by atoms with van der Waals surface area (Å²) in [5.41, 5.74) is 1.11. The summed E-state index contributed by atoms with van der Waals surface area (Å²) in [5.74, 6) is -0.126. The van der Waals surface area contributed by atoms with E-state index in [4.69, 9.17) is 4.74 Å². The molecular formula is C32H65N3O4S. The maximum atomic E-state index is 12.3. The number of Topliss-reactive ketones (excluding diaryl/α,β-unsaturated/α-hetero) is 1. The monoisotopic (exact) mass is 587 g/mol. The van der Waals surface area contributed by atoms with E-state index in [0.29, 0.717) is 13.1 Å². The van der Waals surface area contributed by atoms with Crippen molar-refractivity contribution in [3.05, 3.63) is 35.4 Å². The van der Waals surface area contributed by atoms with Gasteiger partial charge in [-0.25, -0.2) is 0 Å². The Hall–Kier alpha value is -1.90. The molecule has 0 aliphatic rings. The van der Waals surface area contributed by atoms with Crippen LogP contribution in [0.5, 0.6) is 0 Å². The maximum absolute atomic E-state index is 12.3. The number of benzene rings is 1. The van der Waals surface area contributed by atoms with E-state index in [-0.39, 0.29) is 30.6 Å². The molecule has 1 rings (SSSR count). The van der Waals surface area contributed by atoms with Crippen molar-refractivity contribution in [2.24, 2.45) is 0 Å². The molecular weight excluding hydrogens is 522 g/mol. The second kappa shape index (κ2) is 31.6. The number of nitrogens with one attached hydrogen (secondary N) is 3. The van der Waals surface area contributed by atoms with E-state index in [2.05, 4.69) is 35.5 Å². The van der Waals surface area contributed by atoms with Crippen molar-refractivity contribution in [2.45, 2.75) is 127 Å². The first-order valence-electron chi connectivity index (χ1n) is 15.0. The minimum absolute atomic E-state index is 0.115. The molecule has 8 heteroatoms. The van der Waals surface area contributed by atoms with E-state index in [9.17, 15) is 14.4 Å². The third-order valence-electron chi connectivity index (χ3n) is 4.40. The SMILES string of the molecule is CC.CC.CC.CC.CCCCNC(=O)C(C)(C)OCC(C)(S)NC(=O)Cc1ccc(C)cc1.CNCC(C)=O. The first kappa shape index (κ1) is 47.9. The molecule has 1 atom stereocenters. The van der Waals surface area contributed by atoms with Crippen LogP contribution < -0.4 is 16.0 Å². The highest BCUT2D eigenvalue weighted by molar-refractivity contribution is 7.81. The van der Waals surface area contributed by atoms with E-state index in [1.54, 1.807) is 34.7 Å². The molecule has 2 amide bonds. The number of likely N-dealkylation sites (N-methyl/N-ethyl adjacent to an activating group) is 1. The molecule has 7 nitrogen and oxygen atoms in total. The molecule has 1 aromatic carbocycles. The summed E-state index contributed by atoms with van der Waals surface area (Å²) in [4.78, 5) is 33.6. The number of hydrogen-bond acceptors (Lipinski definition) is 6. The molecule has 1 aromatic rings. The number of carbonyl (C=O) groups is 3. The zero-order valence-electron chi connectivity index (χ0n) is 28.6. The summed E-state index contributed by atoms with van der Waals surface area (Å²) < 4.78 is 5.75. The van der Waals surface area contributed by atoms with Gasteiger partial charge in [0.1, 0.15) is 16.3 Å². The van der Waals surface area contributed by atoms with Crippen LogP contribution in [0.2, 0.25) is 0 Å². The predicted octanol–water partition coefficient (Wildman–Crippen LogP) is 6.91. The fourth-order valence-electron chi connectivity index (χ4n) is 2.50. The molecule has 0 aliphatic heterocycles. The lowest BCUT2D eigenvalue weighted by Gasteiger charge is -2.31. The fourth-order valence-corrected chi connectivity index (χ4v) is 2.69. The van der Waals surface area contributed by atoms with Gasteiger partial charge >= 0.3 is 0 Å². The average Bonchev–Trinajstić information content (AvgIpc) is 2.93. The van der Waals surface area contributed by atoms with Crippen molar-refractivity contribution in [3.8, 4) is 0 Å². The van der Waals surface area contributed by atoms with E-state index in [1.165, 1.54) is 0 Å². The van der Waals surface area contributed by atoms with E-state index in [0.717, 1.165) is 24.0 Å². The molecule has 3 N–H and O–H groups in total. The van der Waals surface area contributed by atoms with Crippen LogP contribution >= 0.6 is 12.6 Å². The Morgan fingerprint density at radius 2 is 1.38 bits per heavy atom. The number of aryl methyl sites for hydroxylation is 1. The van der Waals surface area contributed by atoms with Crippen molar-refractivity contribution in [3.63, 3.8) is 0 Å². The minimum atomic E-state index is -0.987. The van der Waals surface area contributed by atoms with Crippen LogP contribution in [0.1, 0.15) is 114 Å². The normalized spacial score (nSPS) is 10.8. The summed E-state index contributed by atoms with van der Waals surface area (Å²) in [5, 5.41) is 8.43. The largest absolute Gasteiger partial charge is 0.362 e. The van der Waals surface area contributed by atoms with Gasteiger partial charge in [0.15, 0.2) is 0 Å². The number of amides is 2. The van der Waals surface area contributed by atoms with E-state index in [1.807, 2.05) is 86.6 Å². The Balaban J connectivity index is -0.000000246. The van der Waals surface area contributed by atoms with Gasteiger partial charge in [-0.05, 0) is 53.7 Å². The molecule has 0 aliphatic carbocycles. The highest BCUT2D eigenvalue weighted by Gasteiger charge is 2.32. The van der Waals surface area contributed by atoms with Gasteiger partial charge in [-0.3, -0.25) is 14.4 Å². The van der Waals surface area contributed by atoms with Gasteiger partial charge in [0.05, 0.1) is 19.6 Å². The minimum Gasteiger partial charge on any atom is -0.362 e. The van der Waals surface area contributed by atoms with Crippen molar-refractivity contribution < 1.29 is 19.1 Å². The van der Waals surface area contributed by atoms with E-state index < -0.39 is 10.5 Å². The molecule has 0 spiro atoms. The number of unbranched alkanes of at least 4 members (excludes halogenated alkanes) is 1. The van der Waals surface area contributed by atoms with Crippen molar-refractivity contribution in [2.75, 3.05) is 26.7 Å². The smallest absolute Gasteiger partial charge is 0.251 e. The third kappa shape index (κ3) is 30.6. The van der Waals surface area contributed by atoms with Crippen molar-refractivity contribution in [1.29, 1.82) is 0 Å². The topological polar surface area (TPSA) is 96.5 Å². The Labute approximate surface area is 253 Å². The lowest BCUT2D eigenvalue weighted by Crippen LogP contribution is -2.51. The molecule has 0 fully saturated rings. The summed E-state index contributed by atoms with van der Waals surface area (Å²) >= 11 is 4.49. The van der Waals surface area contributed by atoms with Gasteiger partial charge < -0.3 is 20.7 Å². The number of rotatable bonds is 12. The van der Waals surface area contributed by atoms with Crippen LogP contribution in [0.4, 0.5) is 0 Å². The molecule has 40 heavy (non-hydrogen) atoms. The molecule has 0 saturated carbocycles. The first-order chi connectivity index (χ1) is 18.8. The molecule has 1 unspecified atom stereocenters. The van der Waals surface area contributed by atoms with E-state index >= 15 is 0 Å². The zero-order chi connectivity index (χ0) is 32.8. The second-order valence-corrected chi connectivity index (χ2v) is 9.61. The average molecular weight is 588 g/mol. The highest BCUT2D eigenvalue weighted by atomic mass is 32.1. The Kier molecular flexibility index (Phi) is 37.8. The summed E-state index contributed by atoms with van der Waals surface area (Å²) in [6.45, 7) is 28.0. The lowest BCUT2D eigenvalue weighted by molar-refractivity contribution is -0.144. The second-order valence-electron chi connectivity index (χ2n) is 8.63. The number of hydrogen-bond donors (Lipinski definition) is 4. The van der Waals surface area contributed by atoms with Gasteiger partial charge in [-0.1, -0.05) is 98.6 Å². The molecule has 0 aromatic heterocycles. The van der Waals surface area contributed by atoms with Gasteiger partial charge in [0, 0.05) is 6.54 Å². The number of thiol groups is 1. The highest BCUT2D eigenvalue weighted by Crippen LogP contribution is 2.17. The van der Waals surface area contributed by atoms with Gasteiger partial charge in [0.2, 0.25) is 5.91 Å². The van der Waals surface area contributed by atoms with Crippen LogP contribution in [0.25, 0.3) is 0 Å². The van der Waals surface area contributed by atoms with Gasteiger partial charge in [-0.2, -0.15) is 0 Å². The Morgan fingerprint density at radius 1 is 0.900 bits per heavy atom. The zero-order valence-corrected chi connectivity index (χ0v) is 29.5. The number of ketones is 1. The standard InChI is InChI=1S/C20H32N2O3S.C4H9NO.4C2H6/c1-6-7-12-21-18(24)19(3,4)25-14-20(5,26)22-17(23)13-16-10-8-15(2)9-11-16;1-4(6)3-5-2;4*1-2/h8-11,26H,6-7,12-14H2,1-5H3,(H,21,24)(H,22,23);5H,3H2,1-2H3;4*1-2H3. The summed E-state index contributed by atoms with van der Waals surface area (Å²) in [6, 6.07) is 7.83. The molecule has 0 radical (unpaired) electrons. The number of ether oxygens (including phenoxy) is 1. The fraction of sp³-hybridized carbons (Fsp3) is 0.719. The predicted molar refractivity (Wildman–Crippen MR) is 178 cm³/mol. The van der Waals surface area contributed by atoms with Crippen molar-refractivity contribution >= 4 is 30.2 Å². The maximum Gasteiger partial charge on any atom is 0.251 e. The third-order valence-corrected chi connectivity index (χ3v) is 4.64. The van der Waals surface area contributed by atoms with Gasteiger partial charge in [-0.15, -0.1) is 12.6 Å². The summed E-state index contributed by atoms with van der Waals surface area (Å²) in [7, 11) is 1.75.